The fourth-order valence-electron chi connectivity index (χ4n) is 7.48. The summed E-state index contributed by atoms with van der Waals surface area (Å²) in [6.07, 6.45) is 3.96. The summed E-state index contributed by atoms with van der Waals surface area (Å²) in [6.45, 7) is 3.39. The third-order valence-corrected chi connectivity index (χ3v) is 10.8. The molecule has 2 fully saturated rings. The van der Waals surface area contributed by atoms with Crippen LogP contribution in [0.3, 0.4) is 0 Å². The van der Waals surface area contributed by atoms with E-state index in [0.29, 0.717) is 56.6 Å². The zero-order chi connectivity index (χ0) is 35.5. The van der Waals surface area contributed by atoms with E-state index in [4.69, 9.17) is 11.6 Å². The lowest BCUT2D eigenvalue weighted by atomic mass is 9.65. The van der Waals surface area contributed by atoms with Gasteiger partial charge in [-0.25, -0.2) is 23.5 Å². The zero-order valence-electron chi connectivity index (χ0n) is 27.2. The van der Waals surface area contributed by atoms with Gasteiger partial charge >= 0.3 is 5.97 Å². The molecule has 2 aliphatic rings. The lowest BCUT2D eigenvalue weighted by molar-refractivity contribution is -0.0655. The first-order valence-electron chi connectivity index (χ1n) is 15.9. The van der Waals surface area contributed by atoms with Crippen molar-refractivity contribution >= 4 is 55.8 Å². The predicted octanol–water partition coefficient (Wildman–Crippen LogP) is 6.06. The molecule has 50 heavy (non-hydrogen) atoms. The second kappa shape index (κ2) is 12.7. The Morgan fingerprint density at radius 1 is 1.22 bits per heavy atom. The SMILES string of the molecule is Cc1nc2cnc(N(C)C3[C@@H]4C[C@H]3CN(CC(C)(F)F)C4)c(C#N)c2c(=O)n1CC#Cc1ccc(Cl)cc1-c1ccnc2c(C(=O)O)csc12. The van der Waals surface area contributed by atoms with Crippen LogP contribution in [-0.2, 0) is 6.54 Å². The van der Waals surface area contributed by atoms with Crippen molar-refractivity contribution in [2.24, 2.45) is 11.8 Å². The number of benzene rings is 1. The van der Waals surface area contributed by atoms with Crippen LogP contribution in [0.5, 0.6) is 0 Å². The maximum Gasteiger partial charge on any atom is 0.338 e. The minimum Gasteiger partial charge on any atom is -0.478 e. The average molecular weight is 714 g/mol. The molecule has 0 spiro atoms. The summed E-state index contributed by atoms with van der Waals surface area (Å²) in [6, 6.07) is 9.22. The number of piperidine rings is 2. The van der Waals surface area contributed by atoms with Crippen molar-refractivity contribution in [3.8, 4) is 29.0 Å². The van der Waals surface area contributed by atoms with E-state index in [9.17, 15) is 28.7 Å². The molecule has 0 amide bonds. The van der Waals surface area contributed by atoms with Gasteiger partial charge in [0.15, 0.2) is 0 Å². The molecule has 254 valence electrons. The molecule has 4 aromatic heterocycles. The van der Waals surface area contributed by atoms with Crippen LogP contribution in [0.2, 0.25) is 5.02 Å². The van der Waals surface area contributed by atoms with Gasteiger partial charge in [-0.3, -0.25) is 19.2 Å². The number of aryl methyl sites for hydroxylation is 1. The molecule has 1 aromatic carbocycles. The number of nitriles is 1. The number of carboxylic acid groups (broad SMARTS) is 1. The minimum atomic E-state index is -2.77. The first-order chi connectivity index (χ1) is 23.8. The number of nitrogens with zero attached hydrogens (tertiary/aromatic N) is 7. The molecule has 1 saturated carbocycles. The Morgan fingerprint density at radius 2 is 1.98 bits per heavy atom. The number of carboxylic acids is 1. The highest BCUT2D eigenvalue weighted by molar-refractivity contribution is 7.18. The molecular weight excluding hydrogens is 684 g/mol. The van der Waals surface area contributed by atoms with E-state index in [-0.39, 0.29) is 47.5 Å². The molecule has 1 aliphatic heterocycles. The lowest BCUT2D eigenvalue weighted by Gasteiger charge is -2.57. The summed E-state index contributed by atoms with van der Waals surface area (Å²) in [5, 5.41) is 22.1. The van der Waals surface area contributed by atoms with Crippen LogP contribution in [-0.4, -0.2) is 74.1 Å². The maximum absolute atomic E-state index is 14.0. The molecule has 2 bridgehead atoms. The molecule has 5 heterocycles. The standard InChI is InChI=1S/C36H30ClF2N7O3S/c1-19-43-28-14-42-33(44(3)31-21-11-22(31)16-45(15-21)18-36(2,38)39)26(13-40)29(28)34(47)46(19)10-4-5-20-6-7-23(37)12-25(20)24-8-9-41-30-27(35(48)49)17-50-32(24)30/h6-9,12,14,17,21-22,31H,10-11,15-16,18H2,1-3H3,(H,48,49)/t21-,22+,31?. The van der Waals surface area contributed by atoms with E-state index < -0.39 is 17.5 Å². The van der Waals surface area contributed by atoms with Crippen LogP contribution in [0.1, 0.15) is 40.7 Å². The molecule has 1 unspecified atom stereocenters. The second-order valence-corrected chi connectivity index (χ2v) is 14.3. The number of aromatic carboxylic acids is 1. The second-order valence-electron chi connectivity index (χ2n) is 13.0. The predicted molar refractivity (Wildman–Crippen MR) is 188 cm³/mol. The number of halogens is 3. The van der Waals surface area contributed by atoms with E-state index in [2.05, 4.69) is 32.9 Å². The van der Waals surface area contributed by atoms with Crippen LogP contribution in [0, 0.1) is 41.9 Å². The van der Waals surface area contributed by atoms with Crippen LogP contribution in [0.15, 0.2) is 46.8 Å². The highest BCUT2D eigenvalue weighted by atomic mass is 35.5. The van der Waals surface area contributed by atoms with E-state index >= 15 is 0 Å². The van der Waals surface area contributed by atoms with Gasteiger partial charge in [0.2, 0.25) is 0 Å². The Bertz CT molecular complexity index is 2360. The number of fused-ring (bicyclic) bond motifs is 4. The lowest BCUT2D eigenvalue weighted by Crippen LogP contribution is -2.65. The number of rotatable bonds is 7. The van der Waals surface area contributed by atoms with Crippen molar-refractivity contribution in [1.29, 1.82) is 5.26 Å². The molecular formula is C36H30ClF2N7O3S. The topological polar surface area (TPSA) is 128 Å². The van der Waals surface area contributed by atoms with Crippen LogP contribution < -0.4 is 10.5 Å². The number of hydrogen-bond acceptors (Lipinski definition) is 9. The third kappa shape index (κ3) is 5.96. The van der Waals surface area contributed by atoms with Gasteiger partial charge in [0.1, 0.15) is 23.3 Å². The summed E-state index contributed by atoms with van der Waals surface area (Å²) in [4.78, 5) is 42.9. The number of pyridine rings is 2. The Labute approximate surface area is 294 Å². The number of anilines is 1. The van der Waals surface area contributed by atoms with Crippen molar-refractivity contribution in [2.45, 2.75) is 38.8 Å². The summed E-state index contributed by atoms with van der Waals surface area (Å²) >= 11 is 7.65. The zero-order valence-corrected chi connectivity index (χ0v) is 28.8. The number of aromatic nitrogens is 4. The van der Waals surface area contributed by atoms with Crippen molar-refractivity contribution in [2.75, 3.05) is 31.6 Å². The molecule has 1 N–H and O–H groups in total. The summed E-state index contributed by atoms with van der Waals surface area (Å²) in [7, 11) is 1.84. The third-order valence-electron chi connectivity index (χ3n) is 9.54. The number of hydrogen-bond donors (Lipinski definition) is 1. The van der Waals surface area contributed by atoms with Gasteiger partial charge in [-0.05, 0) is 49.4 Å². The van der Waals surface area contributed by atoms with E-state index in [1.54, 1.807) is 47.7 Å². The molecule has 5 aromatic rings. The number of carbonyl (C=O) groups is 1. The Morgan fingerprint density at radius 3 is 2.68 bits per heavy atom. The molecule has 3 atom stereocenters. The Hall–Kier alpha value is -4.95. The summed E-state index contributed by atoms with van der Waals surface area (Å²) < 4.78 is 29.5. The smallest absolute Gasteiger partial charge is 0.338 e. The van der Waals surface area contributed by atoms with Crippen LogP contribution in [0.4, 0.5) is 14.6 Å². The van der Waals surface area contributed by atoms with Crippen LogP contribution in [0.25, 0.3) is 32.2 Å². The highest BCUT2D eigenvalue weighted by Gasteiger charge is 2.50. The van der Waals surface area contributed by atoms with Gasteiger partial charge in [-0.1, -0.05) is 23.4 Å². The molecule has 0 radical (unpaired) electrons. The average Bonchev–Trinajstić information content (AvgIpc) is 3.50. The molecule has 1 saturated heterocycles. The van der Waals surface area contributed by atoms with Crippen molar-refractivity contribution < 1.29 is 18.7 Å². The quantitative estimate of drug-likeness (QED) is 0.200. The number of alkyl halides is 2. The fraction of sp³-hybridized carbons (Fsp3) is 0.333. The van der Waals surface area contributed by atoms with Crippen molar-refractivity contribution in [3.63, 3.8) is 0 Å². The molecule has 1 aliphatic carbocycles. The maximum atomic E-state index is 14.0. The fourth-order valence-corrected chi connectivity index (χ4v) is 8.68. The monoisotopic (exact) mass is 713 g/mol. The molecule has 10 nitrogen and oxygen atoms in total. The van der Waals surface area contributed by atoms with Crippen molar-refractivity contribution in [3.05, 3.63) is 79.9 Å². The number of likely N-dealkylation sites (tertiary alicyclic amines) is 1. The van der Waals surface area contributed by atoms with Gasteiger partial charge in [-0.2, -0.15) is 5.26 Å². The first-order valence-corrected chi connectivity index (χ1v) is 17.1. The van der Waals surface area contributed by atoms with E-state index in [1.165, 1.54) is 22.1 Å². The van der Waals surface area contributed by atoms with Gasteiger partial charge < -0.3 is 10.0 Å². The normalized spacial score (nSPS) is 18.7. The Kier molecular flexibility index (Phi) is 8.55. The van der Waals surface area contributed by atoms with Gasteiger partial charge in [0.05, 0.1) is 46.0 Å². The Balaban J connectivity index is 1.21. The van der Waals surface area contributed by atoms with Gasteiger partial charge in [0, 0.05) is 66.4 Å². The van der Waals surface area contributed by atoms with Gasteiger partial charge in [0.25, 0.3) is 11.5 Å². The first kappa shape index (κ1) is 33.5. The molecule has 14 heteroatoms. The van der Waals surface area contributed by atoms with Crippen LogP contribution >= 0.6 is 22.9 Å². The highest BCUT2D eigenvalue weighted by Crippen LogP contribution is 2.45. The number of thiophene rings is 1. The van der Waals surface area contributed by atoms with E-state index in [1.807, 2.05) is 11.9 Å². The summed E-state index contributed by atoms with van der Waals surface area (Å²) in [5.41, 5.74) is 2.52. The summed E-state index contributed by atoms with van der Waals surface area (Å²) in [5.74, 6) is 3.45. The van der Waals surface area contributed by atoms with Crippen molar-refractivity contribution in [1.82, 2.24) is 24.4 Å². The van der Waals surface area contributed by atoms with E-state index in [0.717, 1.165) is 18.9 Å². The van der Waals surface area contributed by atoms with Gasteiger partial charge in [-0.15, -0.1) is 11.3 Å². The largest absolute Gasteiger partial charge is 0.478 e. The minimum absolute atomic E-state index is 0.0142. The molecule has 7 rings (SSSR count).